The number of phenols is 1. The Morgan fingerprint density at radius 2 is 2.00 bits per heavy atom. The Balaban J connectivity index is 1.97. The summed E-state index contributed by atoms with van der Waals surface area (Å²) in [5, 5.41) is 18.3. The molecule has 10 heteroatoms. The van der Waals surface area contributed by atoms with Gasteiger partial charge in [0.2, 0.25) is 10.0 Å². The van der Waals surface area contributed by atoms with Crippen LogP contribution < -0.4 is 10.6 Å². The molecular weight excluding hydrogens is 481 g/mol. The SMILES string of the molecule is CC1CN(c2cc(-c3ccccc3O)nnc2N)CC(CI)N1S(C)(=O)=O. The molecule has 3 rings (SSSR count). The lowest BCUT2D eigenvalue weighted by molar-refractivity contribution is 0.248. The Morgan fingerprint density at radius 3 is 2.63 bits per heavy atom. The van der Waals surface area contributed by atoms with Gasteiger partial charge >= 0.3 is 0 Å². The summed E-state index contributed by atoms with van der Waals surface area (Å²) in [7, 11) is -3.30. The number of phenolic OH excluding ortho intramolecular Hbond substituents is 1. The molecular formula is C17H22IN5O3S. The molecule has 0 bridgehead atoms. The van der Waals surface area contributed by atoms with Crippen LogP contribution >= 0.6 is 22.6 Å². The van der Waals surface area contributed by atoms with Crippen molar-refractivity contribution in [1.82, 2.24) is 14.5 Å². The molecule has 1 aromatic heterocycles. The Morgan fingerprint density at radius 1 is 1.30 bits per heavy atom. The van der Waals surface area contributed by atoms with Crippen molar-refractivity contribution in [2.75, 3.05) is 34.4 Å². The van der Waals surface area contributed by atoms with Gasteiger partial charge in [-0.25, -0.2) is 8.42 Å². The molecule has 1 aliphatic rings. The van der Waals surface area contributed by atoms with Crippen LogP contribution in [0.15, 0.2) is 30.3 Å². The van der Waals surface area contributed by atoms with Gasteiger partial charge in [0, 0.05) is 29.1 Å². The zero-order chi connectivity index (χ0) is 19.8. The maximum atomic E-state index is 12.2. The Labute approximate surface area is 172 Å². The van der Waals surface area contributed by atoms with Crippen LogP contribution in [0.5, 0.6) is 5.75 Å². The van der Waals surface area contributed by atoms with Crippen LogP contribution in [0.3, 0.4) is 0 Å². The number of benzene rings is 1. The van der Waals surface area contributed by atoms with E-state index in [9.17, 15) is 13.5 Å². The molecule has 2 heterocycles. The van der Waals surface area contributed by atoms with Crippen LogP contribution in [0.1, 0.15) is 6.92 Å². The summed E-state index contributed by atoms with van der Waals surface area (Å²) in [6, 6.07) is 8.33. The van der Waals surface area contributed by atoms with E-state index in [2.05, 4.69) is 32.8 Å². The summed E-state index contributed by atoms with van der Waals surface area (Å²) in [6.07, 6.45) is 1.25. The lowest BCUT2D eigenvalue weighted by Gasteiger charge is -2.44. The number of para-hydroxylation sites is 1. The van der Waals surface area contributed by atoms with E-state index in [0.717, 1.165) is 0 Å². The van der Waals surface area contributed by atoms with Crippen molar-refractivity contribution in [3.8, 4) is 17.0 Å². The molecule has 2 unspecified atom stereocenters. The van der Waals surface area contributed by atoms with E-state index in [1.807, 2.05) is 17.9 Å². The van der Waals surface area contributed by atoms with E-state index in [1.54, 1.807) is 28.6 Å². The first-order chi connectivity index (χ1) is 12.7. The summed E-state index contributed by atoms with van der Waals surface area (Å²) in [5.74, 6) is 0.393. The number of nitrogens with zero attached hydrogens (tertiary/aromatic N) is 4. The van der Waals surface area contributed by atoms with Gasteiger partial charge in [0.15, 0.2) is 5.82 Å². The van der Waals surface area contributed by atoms with Crippen molar-refractivity contribution in [1.29, 1.82) is 0 Å². The van der Waals surface area contributed by atoms with Crippen LogP contribution in [0.4, 0.5) is 11.5 Å². The summed E-state index contributed by atoms with van der Waals surface area (Å²) in [6.45, 7) is 2.90. The third-order valence-corrected chi connectivity index (χ3v) is 7.03. The summed E-state index contributed by atoms with van der Waals surface area (Å²) >= 11 is 2.21. The van der Waals surface area contributed by atoms with Crippen LogP contribution in [-0.2, 0) is 10.0 Å². The van der Waals surface area contributed by atoms with Gasteiger partial charge in [-0.2, -0.15) is 4.31 Å². The van der Waals surface area contributed by atoms with Gasteiger partial charge in [-0.15, -0.1) is 10.2 Å². The quantitative estimate of drug-likeness (QED) is 0.483. The average molecular weight is 503 g/mol. The van der Waals surface area contributed by atoms with Gasteiger partial charge < -0.3 is 15.7 Å². The molecule has 1 aromatic carbocycles. The molecule has 0 spiro atoms. The molecule has 3 N–H and O–H groups in total. The highest BCUT2D eigenvalue weighted by Gasteiger charge is 2.37. The number of rotatable bonds is 4. The van der Waals surface area contributed by atoms with Crippen LogP contribution in [0.2, 0.25) is 0 Å². The molecule has 146 valence electrons. The minimum Gasteiger partial charge on any atom is -0.507 e. The number of hydrogen-bond donors (Lipinski definition) is 2. The van der Waals surface area contributed by atoms with Crippen molar-refractivity contribution < 1.29 is 13.5 Å². The van der Waals surface area contributed by atoms with Crippen molar-refractivity contribution in [2.24, 2.45) is 0 Å². The highest BCUT2D eigenvalue weighted by molar-refractivity contribution is 14.1. The van der Waals surface area contributed by atoms with Crippen LogP contribution in [-0.4, -0.2) is 63.9 Å². The first-order valence-electron chi connectivity index (χ1n) is 8.43. The third kappa shape index (κ3) is 4.11. The van der Waals surface area contributed by atoms with Crippen LogP contribution in [0, 0.1) is 0 Å². The smallest absolute Gasteiger partial charge is 0.211 e. The molecule has 27 heavy (non-hydrogen) atoms. The maximum Gasteiger partial charge on any atom is 0.211 e. The number of hydrogen-bond acceptors (Lipinski definition) is 7. The lowest BCUT2D eigenvalue weighted by atomic mass is 10.1. The van der Waals surface area contributed by atoms with Crippen molar-refractivity contribution in [2.45, 2.75) is 19.0 Å². The minimum absolute atomic E-state index is 0.114. The number of sulfonamides is 1. The maximum absolute atomic E-state index is 12.2. The van der Waals surface area contributed by atoms with Crippen molar-refractivity contribution in [3.05, 3.63) is 30.3 Å². The predicted octanol–water partition coefficient (Wildman–Crippen LogP) is 1.71. The normalized spacial score (nSPS) is 21.4. The topological polar surface area (TPSA) is 113 Å². The van der Waals surface area contributed by atoms with Gasteiger partial charge in [0.25, 0.3) is 0 Å². The van der Waals surface area contributed by atoms with Gasteiger partial charge in [-0.05, 0) is 25.1 Å². The monoisotopic (exact) mass is 503 g/mol. The molecule has 2 atom stereocenters. The zero-order valence-corrected chi connectivity index (χ0v) is 18.1. The molecule has 8 nitrogen and oxygen atoms in total. The average Bonchev–Trinajstić information content (AvgIpc) is 2.61. The number of aromatic hydroxyl groups is 1. The molecule has 1 saturated heterocycles. The molecule has 2 aromatic rings. The molecule has 0 radical (unpaired) electrons. The molecule has 1 fully saturated rings. The molecule has 1 aliphatic heterocycles. The largest absolute Gasteiger partial charge is 0.507 e. The second kappa shape index (κ2) is 7.76. The predicted molar refractivity (Wildman–Crippen MR) is 115 cm³/mol. The number of piperazine rings is 1. The Bertz CT molecular complexity index is 940. The van der Waals surface area contributed by atoms with E-state index in [-0.39, 0.29) is 23.7 Å². The fourth-order valence-corrected chi connectivity index (χ4v) is 5.92. The number of nitrogens with two attached hydrogens (primary N) is 1. The first-order valence-corrected chi connectivity index (χ1v) is 11.8. The van der Waals surface area contributed by atoms with E-state index in [4.69, 9.17) is 5.73 Å². The summed E-state index contributed by atoms with van der Waals surface area (Å²) < 4.78 is 26.6. The van der Waals surface area contributed by atoms with Gasteiger partial charge in [-0.3, -0.25) is 0 Å². The Hall–Kier alpha value is -1.66. The number of alkyl halides is 1. The lowest BCUT2D eigenvalue weighted by Crippen LogP contribution is -2.60. The Kier molecular flexibility index (Phi) is 5.77. The third-order valence-electron chi connectivity index (χ3n) is 4.59. The van der Waals surface area contributed by atoms with Crippen molar-refractivity contribution >= 4 is 44.1 Å². The molecule has 0 amide bonds. The van der Waals surface area contributed by atoms with Gasteiger partial charge in [-0.1, -0.05) is 34.7 Å². The summed E-state index contributed by atoms with van der Waals surface area (Å²) in [4.78, 5) is 2.04. The highest BCUT2D eigenvalue weighted by Crippen LogP contribution is 2.33. The van der Waals surface area contributed by atoms with Gasteiger partial charge in [0.05, 0.1) is 23.7 Å². The van der Waals surface area contributed by atoms with Crippen molar-refractivity contribution in [3.63, 3.8) is 0 Å². The van der Waals surface area contributed by atoms with E-state index in [1.165, 1.54) is 6.26 Å². The van der Waals surface area contributed by atoms with Crippen LogP contribution in [0.25, 0.3) is 11.3 Å². The minimum atomic E-state index is -3.30. The second-order valence-corrected chi connectivity index (χ2v) is 9.44. The highest BCUT2D eigenvalue weighted by atomic mass is 127. The standard InChI is InChI=1S/C17H22IN5O3S/c1-11-9-22(10-12(8-18)23(11)27(2,25)26)15-7-14(20-21-17(15)19)13-5-3-4-6-16(13)24/h3-7,11-12,24H,8-10H2,1-2H3,(H2,19,21). The second-order valence-electron chi connectivity index (χ2n) is 6.67. The van der Waals surface area contributed by atoms with E-state index in [0.29, 0.717) is 34.5 Å². The van der Waals surface area contributed by atoms with Gasteiger partial charge in [0.1, 0.15) is 5.75 Å². The fourth-order valence-electron chi connectivity index (χ4n) is 3.55. The molecule has 0 aliphatic carbocycles. The van der Waals surface area contributed by atoms with E-state index >= 15 is 0 Å². The summed E-state index contributed by atoms with van der Waals surface area (Å²) in [5.41, 5.74) is 7.85. The molecule has 0 saturated carbocycles. The zero-order valence-electron chi connectivity index (χ0n) is 15.1. The number of halogens is 1. The first kappa shape index (κ1) is 20.1. The number of aromatic nitrogens is 2. The van der Waals surface area contributed by atoms with E-state index < -0.39 is 10.0 Å². The number of anilines is 2. The fraction of sp³-hybridized carbons (Fsp3) is 0.412. The number of nitrogen functional groups attached to an aromatic ring is 1.